The van der Waals surface area contributed by atoms with Gasteiger partial charge in [-0.3, -0.25) is 0 Å². The summed E-state index contributed by atoms with van der Waals surface area (Å²) in [6.45, 7) is 2.19. The topological polar surface area (TPSA) is 61.0 Å². The van der Waals surface area contributed by atoms with Crippen molar-refractivity contribution in [2.24, 2.45) is 0 Å². The zero-order valence-electron chi connectivity index (χ0n) is 8.91. The maximum absolute atomic E-state index is 12.8. The van der Waals surface area contributed by atoms with Crippen molar-refractivity contribution in [1.82, 2.24) is 9.97 Å². The molecule has 0 amide bonds. The van der Waals surface area contributed by atoms with E-state index in [9.17, 15) is 4.39 Å². The third-order valence-corrected chi connectivity index (χ3v) is 3.53. The summed E-state index contributed by atoms with van der Waals surface area (Å²) in [4.78, 5) is 8.27. The zero-order valence-corrected chi connectivity index (χ0v) is 10.5. The lowest BCUT2D eigenvalue weighted by Crippen LogP contribution is -2.02. The largest absolute Gasteiger partial charge is 0.458 e. The molecule has 0 radical (unpaired) electrons. The van der Waals surface area contributed by atoms with Crippen LogP contribution < -0.4 is 10.5 Å². The van der Waals surface area contributed by atoms with E-state index in [4.69, 9.17) is 22.1 Å². The summed E-state index contributed by atoms with van der Waals surface area (Å²) >= 11 is 7.34. The highest BCUT2D eigenvalue weighted by atomic mass is 35.5. The molecular formula is C10H9ClFN3OS. The van der Waals surface area contributed by atoms with Crippen LogP contribution in [0.3, 0.4) is 0 Å². The number of thiophene rings is 1. The summed E-state index contributed by atoms with van der Waals surface area (Å²) < 4.78 is 18.8. The van der Waals surface area contributed by atoms with E-state index in [0.29, 0.717) is 0 Å². The van der Waals surface area contributed by atoms with E-state index in [1.54, 1.807) is 0 Å². The van der Waals surface area contributed by atoms with Crippen molar-refractivity contribution in [1.29, 1.82) is 0 Å². The van der Waals surface area contributed by atoms with Crippen LogP contribution in [0.2, 0.25) is 4.34 Å². The number of nitrogens with two attached hydrogens (primary N) is 1. The lowest BCUT2D eigenvalue weighted by molar-refractivity contribution is 0.283. The van der Waals surface area contributed by atoms with Gasteiger partial charge in [-0.15, -0.1) is 11.3 Å². The van der Waals surface area contributed by atoms with E-state index in [0.717, 1.165) is 21.0 Å². The second kappa shape index (κ2) is 4.85. The first kappa shape index (κ1) is 12.1. The third-order valence-electron chi connectivity index (χ3n) is 2.00. The van der Waals surface area contributed by atoms with Crippen LogP contribution in [-0.2, 0) is 6.61 Å². The van der Waals surface area contributed by atoms with Gasteiger partial charge in [-0.1, -0.05) is 11.6 Å². The van der Waals surface area contributed by atoms with Gasteiger partial charge >= 0.3 is 6.01 Å². The van der Waals surface area contributed by atoms with Crippen LogP contribution in [0.5, 0.6) is 6.01 Å². The lowest BCUT2D eigenvalue weighted by Gasteiger charge is -2.02. The highest BCUT2D eigenvalue weighted by molar-refractivity contribution is 7.16. The van der Waals surface area contributed by atoms with Crippen LogP contribution in [0.15, 0.2) is 12.3 Å². The number of rotatable bonds is 3. The standard InChI is InChI=1S/C10H9ClFN3OS/c1-5-2-6(17-8(5)11)4-16-10-14-3-7(12)9(13)15-10/h2-3H,4H2,1H3,(H2,13,14,15). The Kier molecular flexibility index (Phi) is 3.44. The first-order valence-electron chi connectivity index (χ1n) is 4.72. The van der Waals surface area contributed by atoms with Gasteiger partial charge in [-0.2, -0.15) is 4.98 Å². The molecule has 7 heteroatoms. The fraction of sp³-hybridized carbons (Fsp3) is 0.200. The van der Waals surface area contributed by atoms with Gasteiger partial charge in [0.15, 0.2) is 11.6 Å². The van der Waals surface area contributed by atoms with E-state index in [2.05, 4.69) is 9.97 Å². The predicted octanol–water partition coefficient (Wildman–Crippen LogP) is 2.80. The second-order valence-corrected chi connectivity index (χ2v) is 5.08. The summed E-state index contributed by atoms with van der Waals surface area (Å²) in [5.41, 5.74) is 6.29. The van der Waals surface area contributed by atoms with Crippen LogP contribution in [0.4, 0.5) is 10.2 Å². The molecule has 2 aromatic rings. The van der Waals surface area contributed by atoms with Gasteiger partial charge in [0.2, 0.25) is 0 Å². The summed E-state index contributed by atoms with van der Waals surface area (Å²) in [6, 6.07) is 1.96. The Morgan fingerprint density at radius 2 is 2.35 bits per heavy atom. The average molecular weight is 274 g/mol. The van der Waals surface area contributed by atoms with Gasteiger partial charge in [0.05, 0.1) is 10.5 Å². The normalized spacial score (nSPS) is 10.5. The molecule has 2 N–H and O–H groups in total. The van der Waals surface area contributed by atoms with E-state index >= 15 is 0 Å². The fourth-order valence-electron chi connectivity index (χ4n) is 1.16. The molecule has 4 nitrogen and oxygen atoms in total. The minimum atomic E-state index is -0.660. The number of aryl methyl sites for hydroxylation is 1. The van der Waals surface area contributed by atoms with Crippen molar-refractivity contribution in [3.05, 3.63) is 32.9 Å². The minimum Gasteiger partial charge on any atom is -0.458 e. The van der Waals surface area contributed by atoms with Crippen LogP contribution in [0.1, 0.15) is 10.4 Å². The maximum Gasteiger partial charge on any atom is 0.318 e. The Labute approximate surface area is 106 Å². The molecule has 0 aliphatic rings. The summed E-state index contributed by atoms with van der Waals surface area (Å²) in [5.74, 6) is -0.886. The highest BCUT2D eigenvalue weighted by Gasteiger charge is 2.07. The SMILES string of the molecule is Cc1cc(COc2ncc(F)c(N)n2)sc1Cl. The number of nitrogen functional groups attached to an aromatic ring is 1. The molecule has 0 fully saturated rings. The van der Waals surface area contributed by atoms with Gasteiger partial charge in [0, 0.05) is 4.88 Å². The van der Waals surface area contributed by atoms with Crippen molar-refractivity contribution in [2.45, 2.75) is 13.5 Å². The number of ether oxygens (including phenoxy) is 1. The van der Waals surface area contributed by atoms with Crippen LogP contribution in [0, 0.1) is 12.7 Å². The van der Waals surface area contributed by atoms with Gasteiger partial charge in [0.25, 0.3) is 0 Å². The predicted molar refractivity (Wildman–Crippen MR) is 64.8 cm³/mol. The molecular weight excluding hydrogens is 265 g/mol. The van der Waals surface area contributed by atoms with Crippen molar-refractivity contribution in [2.75, 3.05) is 5.73 Å². The van der Waals surface area contributed by atoms with Gasteiger partial charge < -0.3 is 10.5 Å². The van der Waals surface area contributed by atoms with Crippen LogP contribution in [0.25, 0.3) is 0 Å². The maximum atomic E-state index is 12.8. The smallest absolute Gasteiger partial charge is 0.318 e. The third kappa shape index (κ3) is 2.83. The van der Waals surface area contributed by atoms with Crippen molar-refractivity contribution in [3.63, 3.8) is 0 Å². The molecule has 0 aromatic carbocycles. The van der Waals surface area contributed by atoms with E-state index in [-0.39, 0.29) is 18.4 Å². The molecule has 90 valence electrons. The summed E-state index contributed by atoms with van der Waals surface area (Å²) in [7, 11) is 0. The Morgan fingerprint density at radius 1 is 1.59 bits per heavy atom. The Hall–Kier alpha value is -1.40. The first-order chi connectivity index (χ1) is 8.06. The summed E-state index contributed by atoms with van der Waals surface area (Å²) in [6.07, 6.45) is 0.977. The minimum absolute atomic E-state index is 0.0473. The molecule has 0 saturated carbocycles. The molecule has 0 atom stereocenters. The second-order valence-electron chi connectivity index (χ2n) is 3.34. The number of halogens is 2. The molecule has 0 aliphatic carbocycles. The highest BCUT2D eigenvalue weighted by Crippen LogP contribution is 2.27. The molecule has 2 heterocycles. The molecule has 0 saturated heterocycles. The molecule has 17 heavy (non-hydrogen) atoms. The molecule has 2 aromatic heterocycles. The molecule has 0 unspecified atom stereocenters. The lowest BCUT2D eigenvalue weighted by atomic mass is 10.3. The molecule has 0 spiro atoms. The number of aromatic nitrogens is 2. The van der Waals surface area contributed by atoms with Crippen molar-refractivity contribution in [3.8, 4) is 6.01 Å². The molecule has 0 bridgehead atoms. The number of anilines is 1. The Morgan fingerprint density at radius 3 is 2.94 bits per heavy atom. The number of hydrogen-bond acceptors (Lipinski definition) is 5. The zero-order chi connectivity index (χ0) is 12.4. The van der Waals surface area contributed by atoms with Crippen molar-refractivity contribution < 1.29 is 9.13 Å². The Balaban J connectivity index is 2.04. The van der Waals surface area contributed by atoms with Crippen LogP contribution in [-0.4, -0.2) is 9.97 Å². The monoisotopic (exact) mass is 273 g/mol. The van der Waals surface area contributed by atoms with Gasteiger partial charge in [-0.05, 0) is 18.6 Å². The molecule has 0 aliphatic heterocycles. The average Bonchev–Trinajstić information content (AvgIpc) is 2.60. The summed E-state index contributed by atoms with van der Waals surface area (Å²) in [5, 5.41) is 0. The quantitative estimate of drug-likeness (QED) is 0.934. The fourth-order valence-corrected chi connectivity index (χ4v) is 2.32. The van der Waals surface area contributed by atoms with Gasteiger partial charge in [0.1, 0.15) is 6.61 Å². The van der Waals surface area contributed by atoms with E-state index < -0.39 is 5.82 Å². The van der Waals surface area contributed by atoms with E-state index in [1.807, 2.05) is 13.0 Å². The van der Waals surface area contributed by atoms with Crippen molar-refractivity contribution >= 4 is 28.8 Å². The van der Waals surface area contributed by atoms with Crippen LogP contribution >= 0.6 is 22.9 Å². The number of hydrogen-bond donors (Lipinski definition) is 1. The van der Waals surface area contributed by atoms with Gasteiger partial charge in [-0.25, -0.2) is 9.37 Å². The molecule has 2 rings (SSSR count). The van der Waals surface area contributed by atoms with E-state index in [1.165, 1.54) is 11.3 Å². The number of nitrogens with zero attached hydrogens (tertiary/aromatic N) is 2. The Bertz CT molecular complexity index is 527. The first-order valence-corrected chi connectivity index (χ1v) is 5.91.